The highest BCUT2D eigenvalue weighted by Crippen LogP contribution is 2.28. The molecular formula is C17H21N3O4S. The summed E-state index contributed by atoms with van der Waals surface area (Å²) < 4.78 is 10.6. The van der Waals surface area contributed by atoms with E-state index in [-0.39, 0.29) is 0 Å². The lowest BCUT2D eigenvalue weighted by Gasteiger charge is -2.35. The van der Waals surface area contributed by atoms with Crippen LogP contribution >= 0.6 is 11.8 Å². The number of rotatable bonds is 6. The molecule has 1 saturated heterocycles. The molecule has 0 unspecified atom stereocenters. The lowest BCUT2D eigenvalue weighted by molar-refractivity contribution is -0.136. The van der Waals surface area contributed by atoms with Gasteiger partial charge in [0, 0.05) is 18.2 Å². The molecule has 8 heteroatoms. The number of aromatic nitrogens is 1. The van der Waals surface area contributed by atoms with E-state index in [1.165, 1.54) is 0 Å². The average Bonchev–Trinajstić information content (AvgIpc) is 3.15. The van der Waals surface area contributed by atoms with Crippen LogP contribution in [0.1, 0.15) is 18.5 Å². The van der Waals surface area contributed by atoms with Crippen LogP contribution in [0.15, 0.2) is 34.9 Å². The first-order valence-corrected chi connectivity index (χ1v) is 9.20. The minimum Gasteiger partial charge on any atom is -0.497 e. The van der Waals surface area contributed by atoms with Crippen LogP contribution in [0.3, 0.4) is 0 Å². The number of nitrogens with one attached hydrogen (secondary N) is 2. The normalized spacial score (nSPS) is 16.4. The molecule has 1 aromatic carbocycles. The van der Waals surface area contributed by atoms with E-state index >= 15 is 0 Å². The molecule has 134 valence electrons. The predicted octanol–water partition coefficient (Wildman–Crippen LogP) is 2.21. The number of methoxy groups -OCH3 is 1. The van der Waals surface area contributed by atoms with Crippen molar-refractivity contribution in [2.24, 2.45) is 0 Å². The van der Waals surface area contributed by atoms with E-state index in [4.69, 9.17) is 14.5 Å². The van der Waals surface area contributed by atoms with E-state index in [0.717, 1.165) is 22.8 Å². The first-order valence-electron chi connectivity index (χ1n) is 8.04. The number of benzene rings is 1. The van der Waals surface area contributed by atoms with Gasteiger partial charge in [0.1, 0.15) is 11.3 Å². The molecule has 0 aliphatic carbocycles. The first kappa shape index (κ1) is 17.8. The Bertz CT molecular complexity index is 728. The van der Waals surface area contributed by atoms with Crippen molar-refractivity contribution >= 4 is 17.7 Å². The minimum atomic E-state index is -0.769. The Morgan fingerprint density at radius 3 is 2.92 bits per heavy atom. The second kappa shape index (κ2) is 7.90. The molecule has 0 spiro atoms. The molecule has 1 aliphatic heterocycles. The summed E-state index contributed by atoms with van der Waals surface area (Å²) in [5.41, 5.74) is 2.58. The molecule has 1 fully saturated rings. The van der Waals surface area contributed by atoms with Gasteiger partial charge in [0.05, 0.1) is 12.8 Å². The van der Waals surface area contributed by atoms with E-state index in [9.17, 15) is 4.79 Å². The van der Waals surface area contributed by atoms with Crippen molar-refractivity contribution in [2.75, 3.05) is 18.6 Å². The van der Waals surface area contributed by atoms with Gasteiger partial charge in [0.25, 0.3) is 5.91 Å². The molecule has 3 N–H and O–H groups in total. The summed E-state index contributed by atoms with van der Waals surface area (Å²) in [5, 5.41) is 16.4. The number of hydroxylamine groups is 1. The maximum absolute atomic E-state index is 12.1. The van der Waals surface area contributed by atoms with Crippen LogP contribution in [0.4, 0.5) is 0 Å². The van der Waals surface area contributed by atoms with Gasteiger partial charge in [-0.05, 0) is 36.5 Å². The van der Waals surface area contributed by atoms with Crippen LogP contribution in [0.25, 0.3) is 11.3 Å². The summed E-state index contributed by atoms with van der Waals surface area (Å²) in [4.78, 5) is 12.1. The Kier molecular flexibility index (Phi) is 5.62. The maximum Gasteiger partial charge on any atom is 0.263 e. The van der Waals surface area contributed by atoms with Crippen LogP contribution in [0, 0.1) is 0 Å². The summed E-state index contributed by atoms with van der Waals surface area (Å²) in [7, 11) is 1.61. The second-order valence-corrected chi connectivity index (χ2v) is 7.13. The van der Waals surface area contributed by atoms with Gasteiger partial charge in [-0.3, -0.25) is 15.3 Å². The molecule has 2 heterocycles. The predicted molar refractivity (Wildman–Crippen MR) is 94.5 cm³/mol. The van der Waals surface area contributed by atoms with Crippen molar-refractivity contribution in [3.8, 4) is 17.1 Å². The van der Waals surface area contributed by atoms with Crippen LogP contribution in [-0.4, -0.2) is 40.4 Å². The minimum absolute atomic E-state index is 0.381. The zero-order valence-corrected chi connectivity index (χ0v) is 14.8. The molecule has 0 radical (unpaired) electrons. The number of hydrogen-bond acceptors (Lipinski definition) is 7. The Morgan fingerprint density at radius 2 is 2.20 bits per heavy atom. The molecule has 1 aromatic heterocycles. The van der Waals surface area contributed by atoms with Crippen molar-refractivity contribution in [3.05, 3.63) is 36.0 Å². The van der Waals surface area contributed by atoms with E-state index in [1.54, 1.807) is 24.4 Å². The lowest BCUT2D eigenvalue weighted by atomic mass is 9.91. The third-order valence-corrected chi connectivity index (χ3v) is 5.39. The topological polar surface area (TPSA) is 96.6 Å². The van der Waals surface area contributed by atoms with Crippen LogP contribution in [-0.2, 0) is 11.3 Å². The van der Waals surface area contributed by atoms with E-state index in [2.05, 4.69) is 10.5 Å². The average molecular weight is 363 g/mol. The molecule has 25 heavy (non-hydrogen) atoms. The van der Waals surface area contributed by atoms with E-state index in [0.29, 0.717) is 30.8 Å². The molecule has 7 nitrogen and oxygen atoms in total. The van der Waals surface area contributed by atoms with Gasteiger partial charge >= 0.3 is 0 Å². The fourth-order valence-electron chi connectivity index (χ4n) is 2.88. The van der Waals surface area contributed by atoms with Gasteiger partial charge < -0.3 is 9.26 Å². The maximum atomic E-state index is 12.1. The fraction of sp³-hybridized carbons (Fsp3) is 0.412. The summed E-state index contributed by atoms with van der Waals surface area (Å²) in [6, 6.07) is 9.37. The lowest BCUT2D eigenvalue weighted by Crippen LogP contribution is -2.58. The van der Waals surface area contributed by atoms with E-state index in [1.807, 2.05) is 30.3 Å². The molecule has 3 rings (SSSR count). The highest BCUT2D eigenvalue weighted by atomic mass is 32.2. The Balaban J connectivity index is 1.71. The number of thioether (sulfide) groups is 1. The summed E-state index contributed by atoms with van der Waals surface area (Å²) in [6.45, 7) is 0.381. The number of carbonyl (C=O) groups excluding carboxylic acids is 1. The van der Waals surface area contributed by atoms with Crippen molar-refractivity contribution in [3.63, 3.8) is 0 Å². The summed E-state index contributed by atoms with van der Waals surface area (Å²) in [6.07, 6.45) is 1.31. The highest BCUT2D eigenvalue weighted by molar-refractivity contribution is 7.99. The number of ether oxygens (including phenoxy) is 1. The van der Waals surface area contributed by atoms with Crippen molar-refractivity contribution < 1.29 is 19.3 Å². The van der Waals surface area contributed by atoms with Gasteiger partial charge in [0.15, 0.2) is 5.76 Å². The third kappa shape index (κ3) is 3.97. The van der Waals surface area contributed by atoms with Crippen LogP contribution < -0.4 is 15.5 Å². The number of nitrogens with zero attached hydrogens (tertiary/aromatic N) is 1. The first-order chi connectivity index (χ1) is 12.2. The molecule has 0 atom stereocenters. The van der Waals surface area contributed by atoms with Gasteiger partial charge in [-0.15, -0.1) is 0 Å². The third-order valence-electron chi connectivity index (χ3n) is 4.40. The number of carbonyl (C=O) groups is 1. The Labute approximate surface area is 150 Å². The monoisotopic (exact) mass is 363 g/mol. The van der Waals surface area contributed by atoms with E-state index < -0.39 is 11.4 Å². The smallest absolute Gasteiger partial charge is 0.263 e. The fourth-order valence-corrected chi connectivity index (χ4v) is 4.07. The quantitative estimate of drug-likeness (QED) is 0.535. The molecular weight excluding hydrogens is 342 g/mol. The number of hydrogen-bond donors (Lipinski definition) is 3. The van der Waals surface area contributed by atoms with Crippen LogP contribution in [0.5, 0.6) is 5.75 Å². The SMILES string of the molecule is COc1cccc(-c2cc(CNC3(C(=O)NO)CCSCC3)no2)c1. The van der Waals surface area contributed by atoms with Crippen LogP contribution in [0.2, 0.25) is 0 Å². The molecule has 2 aromatic rings. The summed E-state index contributed by atoms with van der Waals surface area (Å²) in [5.74, 6) is 2.72. The summed E-state index contributed by atoms with van der Waals surface area (Å²) >= 11 is 1.80. The zero-order chi connectivity index (χ0) is 17.7. The van der Waals surface area contributed by atoms with Crippen molar-refractivity contribution in [1.29, 1.82) is 0 Å². The van der Waals surface area contributed by atoms with Crippen molar-refractivity contribution in [2.45, 2.75) is 24.9 Å². The standard InChI is InChI=1S/C17H21N3O4S/c1-23-14-4-2-3-12(9-14)15-10-13(20-24-15)11-18-17(16(21)19-22)5-7-25-8-6-17/h2-4,9-10,18,22H,5-8,11H2,1H3,(H,19,21). The largest absolute Gasteiger partial charge is 0.497 e. The Morgan fingerprint density at radius 1 is 1.40 bits per heavy atom. The Hall–Kier alpha value is -2.03. The molecule has 1 amide bonds. The molecule has 0 bridgehead atoms. The molecule has 0 saturated carbocycles. The van der Waals surface area contributed by atoms with Gasteiger partial charge in [-0.2, -0.15) is 11.8 Å². The highest BCUT2D eigenvalue weighted by Gasteiger charge is 2.39. The number of amides is 1. The van der Waals surface area contributed by atoms with Crippen molar-refractivity contribution in [1.82, 2.24) is 16.0 Å². The van der Waals surface area contributed by atoms with Gasteiger partial charge in [0.2, 0.25) is 0 Å². The van der Waals surface area contributed by atoms with Gasteiger partial charge in [-0.1, -0.05) is 17.3 Å². The zero-order valence-electron chi connectivity index (χ0n) is 13.9. The second-order valence-electron chi connectivity index (χ2n) is 5.90. The van der Waals surface area contributed by atoms with Gasteiger partial charge in [-0.25, -0.2) is 5.48 Å². The molecule has 1 aliphatic rings.